The first-order valence-electron chi connectivity index (χ1n) is 10.4. The fraction of sp³-hybridized carbons (Fsp3) is 0.458. The normalized spacial score (nSPS) is 17.3. The van der Waals surface area contributed by atoms with E-state index in [1.165, 1.54) is 37.1 Å². The Kier molecular flexibility index (Phi) is 7.49. The van der Waals surface area contributed by atoms with Crippen LogP contribution in [0.2, 0.25) is 0 Å². The Morgan fingerprint density at radius 3 is 2.75 bits per heavy atom. The Morgan fingerprint density at radius 2 is 2.00 bits per heavy atom. The highest BCUT2D eigenvalue weighted by atomic mass is 16.5. The summed E-state index contributed by atoms with van der Waals surface area (Å²) >= 11 is 0. The molecule has 1 N–H and O–H groups in total. The lowest BCUT2D eigenvalue weighted by Crippen LogP contribution is -2.33. The molecule has 4 heteroatoms. The van der Waals surface area contributed by atoms with Gasteiger partial charge < -0.3 is 10.1 Å². The molecule has 1 heterocycles. The second-order valence-corrected chi connectivity index (χ2v) is 7.89. The van der Waals surface area contributed by atoms with Crippen LogP contribution >= 0.6 is 0 Å². The minimum Gasteiger partial charge on any atom is -0.497 e. The monoisotopic (exact) mass is 380 g/mol. The van der Waals surface area contributed by atoms with Crippen LogP contribution in [0.3, 0.4) is 0 Å². The average molecular weight is 381 g/mol. The van der Waals surface area contributed by atoms with Crippen molar-refractivity contribution in [2.24, 2.45) is 5.92 Å². The summed E-state index contributed by atoms with van der Waals surface area (Å²) < 4.78 is 5.25. The zero-order valence-electron chi connectivity index (χ0n) is 17.1. The lowest BCUT2D eigenvalue weighted by molar-refractivity contribution is 0.0953. The van der Waals surface area contributed by atoms with E-state index in [1.807, 2.05) is 30.3 Å². The minimum atomic E-state index is 0.00351. The molecule has 1 saturated heterocycles. The van der Waals surface area contributed by atoms with E-state index in [9.17, 15) is 4.79 Å². The van der Waals surface area contributed by atoms with E-state index in [1.54, 1.807) is 7.11 Å². The van der Waals surface area contributed by atoms with Gasteiger partial charge in [0.25, 0.3) is 5.91 Å². The summed E-state index contributed by atoms with van der Waals surface area (Å²) in [5, 5.41) is 3.02. The van der Waals surface area contributed by atoms with Gasteiger partial charge in [0.05, 0.1) is 7.11 Å². The lowest BCUT2D eigenvalue weighted by atomic mass is 9.99. The van der Waals surface area contributed by atoms with Gasteiger partial charge in [0, 0.05) is 25.2 Å². The number of ether oxygens (including phenoxy) is 1. The van der Waals surface area contributed by atoms with E-state index in [0.29, 0.717) is 6.54 Å². The van der Waals surface area contributed by atoms with Gasteiger partial charge in [0.2, 0.25) is 0 Å². The van der Waals surface area contributed by atoms with Crippen molar-refractivity contribution >= 4 is 5.91 Å². The molecule has 150 valence electrons. The van der Waals surface area contributed by atoms with Gasteiger partial charge in [-0.15, -0.1) is 0 Å². The molecule has 3 rings (SSSR count). The Balaban J connectivity index is 1.41. The van der Waals surface area contributed by atoms with Gasteiger partial charge in [-0.1, -0.05) is 31.2 Å². The molecule has 0 saturated carbocycles. The molecule has 4 nitrogen and oxygen atoms in total. The SMILES string of the molecule is COc1cccc(CCCNC(=O)c2ccc(CN3CCC[C@H](C)C3)cc2)c1. The van der Waals surface area contributed by atoms with Gasteiger partial charge in [-0.3, -0.25) is 9.69 Å². The van der Waals surface area contributed by atoms with Crippen molar-refractivity contribution < 1.29 is 9.53 Å². The maximum Gasteiger partial charge on any atom is 0.251 e. The predicted molar refractivity (Wildman–Crippen MR) is 114 cm³/mol. The van der Waals surface area contributed by atoms with E-state index < -0.39 is 0 Å². The van der Waals surface area contributed by atoms with Gasteiger partial charge in [-0.05, 0) is 73.5 Å². The molecule has 1 atom stereocenters. The number of nitrogens with one attached hydrogen (secondary N) is 1. The van der Waals surface area contributed by atoms with Crippen molar-refractivity contribution in [1.82, 2.24) is 10.2 Å². The first kappa shape index (κ1) is 20.4. The number of aryl methyl sites for hydroxylation is 1. The number of rotatable bonds is 8. The first-order valence-corrected chi connectivity index (χ1v) is 10.4. The molecule has 0 aromatic heterocycles. The van der Waals surface area contributed by atoms with E-state index in [2.05, 4.69) is 35.3 Å². The second kappa shape index (κ2) is 10.3. The summed E-state index contributed by atoms with van der Waals surface area (Å²) in [6.45, 7) is 6.33. The molecule has 0 spiro atoms. The highest BCUT2D eigenvalue weighted by Gasteiger charge is 2.16. The summed E-state index contributed by atoms with van der Waals surface area (Å²) in [4.78, 5) is 14.9. The minimum absolute atomic E-state index is 0.00351. The summed E-state index contributed by atoms with van der Waals surface area (Å²) in [6, 6.07) is 16.1. The average Bonchev–Trinajstić information content (AvgIpc) is 2.72. The van der Waals surface area contributed by atoms with Crippen LogP contribution in [-0.2, 0) is 13.0 Å². The quantitative estimate of drug-likeness (QED) is 0.695. The van der Waals surface area contributed by atoms with Crippen molar-refractivity contribution in [3.63, 3.8) is 0 Å². The van der Waals surface area contributed by atoms with Crippen molar-refractivity contribution in [2.45, 2.75) is 39.2 Å². The molecule has 0 radical (unpaired) electrons. The van der Waals surface area contributed by atoms with E-state index >= 15 is 0 Å². The molecule has 0 bridgehead atoms. The van der Waals surface area contributed by atoms with Crippen LogP contribution < -0.4 is 10.1 Å². The fourth-order valence-corrected chi connectivity index (χ4v) is 3.87. The molecule has 2 aromatic rings. The van der Waals surface area contributed by atoms with E-state index in [4.69, 9.17) is 4.74 Å². The molecule has 28 heavy (non-hydrogen) atoms. The summed E-state index contributed by atoms with van der Waals surface area (Å²) in [5.74, 6) is 1.67. The number of carbonyl (C=O) groups excluding carboxylic acids is 1. The number of carbonyl (C=O) groups is 1. The highest BCUT2D eigenvalue weighted by molar-refractivity contribution is 5.94. The second-order valence-electron chi connectivity index (χ2n) is 7.89. The number of benzene rings is 2. The Labute approximate surface area is 168 Å². The van der Waals surface area contributed by atoms with Crippen molar-refractivity contribution in [3.05, 3.63) is 65.2 Å². The first-order chi connectivity index (χ1) is 13.6. The molecule has 2 aromatic carbocycles. The molecule has 1 amide bonds. The van der Waals surface area contributed by atoms with Crippen LogP contribution in [0.15, 0.2) is 48.5 Å². The van der Waals surface area contributed by atoms with Crippen LogP contribution in [-0.4, -0.2) is 37.6 Å². The maximum absolute atomic E-state index is 12.4. The number of nitrogens with zero attached hydrogens (tertiary/aromatic N) is 1. The lowest BCUT2D eigenvalue weighted by Gasteiger charge is -2.30. The third kappa shape index (κ3) is 6.10. The Bertz CT molecular complexity index is 757. The van der Waals surface area contributed by atoms with Gasteiger partial charge in [-0.2, -0.15) is 0 Å². The molecular formula is C24H32N2O2. The summed E-state index contributed by atoms with van der Waals surface area (Å²) in [5.41, 5.74) is 3.24. The number of piperidine rings is 1. The van der Waals surface area contributed by atoms with Crippen LogP contribution in [0, 0.1) is 5.92 Å². The molecule has 1 fully saturated rings. The number of hydrogen-bond acceptors (Lipinski definition) is 3. The predicted octanol–water partition coefficient (Wildman–Crippen LogP) is 4.29. The van der Waals surface area contributed by atoms with Crippen LogP contribution in [0.4, 0.5) is 0 Å². The molecule has 1 aliphatic rings. The summed E-state index contributed by atoms with van der Waals surface area (Å²) in [7, 11) is 1.68. The van der Waals surface area contributed by atoms with E-state index in [0.717, 1.165) is 36.6 Å². The number of methoxy groups -OCH3 is 1. The molecule has 1 aliphatic heterocycles. The van der Waals surface area contributed by atoms with Gasteiger partial charge in [0.1, 0.15) is 5.75 Å². The molecule has 0 unspecified atom stereocenters. The van der Waals surface area contributed by atoms with Crippen LogP contribution in [0.25, 0.3) is 0 Å². The van der Waals surface area contributed by atoms with Gasteiger partial charge >= 0.3 is 0 Å². The fourth-order valence-electron chi connectivity index (χ4n) is 3.87. The van der Waals surface area contributed by atoms with Gasteiger partial charge in [0.15, 0.2) is 0 Å². The van der Waals surface area contributed by atoms with Crippen molar-refractivity contribution in [1.29, 1.82) is 0 Å². The molecular weight excluding hydrogens is 348 g/mol. The van der Waals surface area contributed by atoms with Crippen LogP contribution in [0.5, 0.6) is 5.75 Å². The van der Waals surface area contributed by atoms with E-state index in [-0.39, 0.29) is 5.91 Å². The highest BCUT2D eigenvalue weighted by Crippen LogP contribution is 2.18. The molecule has 0 aliphatic carbocycles. The van der Waals surface area contributed by atoms with Crippen molar-refractivity contribution in [3.8, 4) is 5.75 Å². The number of hydrogen-bond donors (Lipinski definition) is 1. The van der Waals surface area contributed by atoms with Crippen molar-refractivity contribution in [2.75, 3.05) is 26.7 Å². The van der Waals surface area contributed by atoms with Gasteiger partial charge in [-0.25, -0.2) is 0 Å². The zero-order valence-corrected chi connectivity index (χ0v) is 17.1. The standard InChI is InChI=1S/C24H32N2O2/c1-19-6-5-15-26(17-19)18-21-10-12-22(13-11-21)24(27)25-14-4-8-20-7-3-9-23(16-20)28-2/h3,7,9-13,16,19H,4-6,8,14-15,17-18H2,1-2H3,(H,25,27)/t19-/m0/s1. The third-order valence-corrected chi connectivity index (χ3v) is 5.43. The smallest absolute Gasteiger partial charge is 0.251 e. The maximum atomic E-state index is 12.4. The third-order valence-electron chi connectivity index (χ3n) is 5.43. The number of likely N-dealkylation sites (tertiary alicyclic amines) is 1. The Hall–Kier alpha value is -2.33. The largest absolute Gasteiger partial charge is 0.497 e. The van der Waals surface area contributed by atoms with Crippen LogP contribution in [0.1, 0.15) is 47.7 Å². The zero-order chi connectivity index (χ0) is 19.8. The summed E-state index contributed by atoms with van der Waals surface area (Å²) in [6.07, 6.45) is 4.46. The topological polar surface area (TPSA) is 41.6 Å². The Morgan fingerprint density at radius 1 is 1.18 bits per heavy atom. The number of amides is 1.